The number of rotatable bonds is 6. The summed E-state index contributed by atoms with van der Waals surface area (Å²) in [6, 6.07) is 11.3. The van der Waals surface area contributed by atoms with Gasteiger partial charge in [-0.3, -0.25) is 0 Å². The van der Waals surface area contributed by atoms with E-state index in [0.717, 1.165) is 5.56 Å². The third-order valence-corrected chi connectivity index (χ3v) is 6.53. The zero-order valence-electron chi connectivity index (χ0n) is 18.1. The lowest BCUT2D eigenvalue weighted by molar-refractivity contribution is 0.376. The highest BCUT2D eigenvalue weighted by Crippen LogP contribution is 2.27. The number of ether oxygens (including phenoxy) is 1. The summed E-state index contributed by atoms with van der Waals surface area (Å²) in [5.41, 5.74) is 3.27. The Morgan fingerprint density at radius 2 is 1.67 bits per heavy atom. The van der Waals surface area contributed by atoms with E-state index in [2.05, 4.69) is 35.6 Å². The van der Waals surface area contributed by atoms with Crippen LogP contribution in [-0.2, 0) is 22.0 Å². The van der Waals surface area contributed by atoms with Crippen LogP contribution in [0.2, 0.25) is 0 Å². The Kier molecular flexibility index (Phi) is 6.01. The Balaban J connectivity index is 1.75. The van der Waals surface area contributed by atoms with Gasteiger partial charge in [0.2, 0.25) is 21.7 Å². The van der Waals surface area contributed by atoms with Crippen LogP contribution in [0, 0.1) is 13.8 Å². The third kappa shape index (κ3) is 4.71. The van der Waals surface area contributed by atoms with Gasteiger partial charge in [-0.2, -0.15) is 4.98 Å². The van der Waals surface area contributed by atoms with Crippen molar-refractivity contribution in [2.24, 2.45) is 0 Å². The fourth-order valence-corrected chi connectivity index (χ4v) is 4.67. The molecule has 0 amide bonds. The number of hydrogen-bond acceptors (Lipinski definition) is 6. The molecule has 0 fully saturated rings. The molecule has 3 rings (SSSR count). The number of benzene rings is 2. The van der Waals surface area contributed by atoms with Crippen molar-refractivity contribution in [3.8, 4) is 17.1 Å². The summed E-state index contributed by atoms with van der Waals surface area (Å²) >= 11 is 0. The van der Waals surface area contributed by atoms with Crippen LogP contribution in [0.5, 0.6) is 5.75 Å². The predicted octanol–water partition coefficient (Wildman–Crippen LogP) is 4.14. The Hall–Kier alpha value is -2.71. The first-order chi connectivity index (χ1) is 14.0. The maximum atomic E-state index is 12.8. The molecule has 0 radical (unpaired) electrons. The van der Waals surface area contributed by atoms with E-state index < -0.39 is 10.0 Å². The van der Waals surface area contributed by atoms with Crippen molar-refractivity contribution in [2.75, 3.05) is 7.11 Å². The molecule has 0 aliphatic heterocycles. The molecule has 0 aliphatic carbocycles. The first kappa shape index (κ1) is 22.0. The Bertz CT molecular complexity index is 1120. The van der Waals surface area contributed by atoms with Gasteiger partial charge in [-0.15, -0.1) is 0 Å². The normalized spacial score (nSPS) is 12.2. The average molecular weight is 430 g/mol. The van der Waals surface area contributed by atoms with Crippen molar-refractivity contribution in [1.82, 2.24) is 14.9 Å². The van der Waals surface area contributed by atoms with Crippen molar-refractivity contribution in [1.29, 1.82) is 0 Å². The molecule has 160 valence electrons. The minimum Gasteiger partial charge on any atom is -0.497 e. The molecular formula is C22H27N3O4S. The van der Waals surface area contributed by atoms with E-state index >= 15 is 0 Å². The highest BCUT2D eigenvalue weighted by atomic mass is 32.2. The van der Waals surface area contributed by atoms with E-state index in [9.17, 15) is 8.42 Å². The molecule has 1 aromatic heterocycles. The first-order valence-electron chi connectivity index (χ1n) is 9.59. The predicted molar refractivity (Wildman–Crippen MR) is 115 cm³/mol. The van der Waals surface area contributed by atoms with E-state index in [4.69, 9.17) is 9.26 Å². The lowest BCUT2D eigenvalue weighted by atomic mass is 9.87. The van der Waals surface area contributed by atoms with Crippen LogP contribution in [0.1, 0.15) is 43.4 Å². The minimum atomic E-state index is -3.76. The second-order valence-electron chi connectivity index (χ2n) is 8.25. The second-order valence-corrected chi connectivity index (χ2v) is 9.96. The Morgan fingerprint density at radius 3 is 2.20 bits per heavy atom. The maximum absolute atomic E-state index is 12.8. The molecule has 1 N–H and O–H groups in total. The van der Waals surface area contributed by atoms with Gasteiger partial charge in [0.1, 0.15) is 5.75 Å². The zero-order chi connectivity index (χ0) is 22.1. The number of sulfonamides is 1. The summed E-state index contributed by atoms with van der Waals surface area (Å²) < 4.78 is 38.6. The summed E-state index contributed by atoms with van der Waals surface area (Å²) in [5, 5.41) is 3.97. The fraction of sp³-hybridized carbons (Fsp3) is 0.364. The molecule has 0 bridgehead atoms. The smallest absolute Gasteiger partial charge is 0.242 e. The topological polar surface area (TPSA) is 94.3 Å². The van der Waals surface area contributed by atoms with Crippen LogP contribution in [-0.4, -0.2) is 25.7 Å². The van der Waals surface area contributed by atoms with Crippen molar-refractivity contribution in [2.45, 2.75) is 51.5 Å². The van der Waals surface area contributed by atoms with Gasteiger partial charge in [0.25, 0.3) is 0 Å². The third-order valence-electron chi connectivity index (χ3n) is 4.83. The molecule has 0 saturated heterocycles. The molecule has 1 heterocycles. The number of aryl methyl sites for hydroxylation is 2. The van der Waals surface area contributed by atoms with Crippen LogP contribution in [0.25, 0.3) is 11.4 Å². The summed E-state index contributed by atoms with van der Waals surface area (Å²) in [5.74, 6) is 1.22. The molecule has 8 heteroatoms. The number of nitrogens with zero attached hydrogens (tertiary/aromatic N) is 2. The van der Waals surface area contributed by atoms with E-state index in [-0.39, 0.29) is 22.7 Å². The van der Waals surface area contributed by atoms with E-state index in [1.165, 1.54) is 5.56 Å². The van der Waals surface area contributed by atoms with Crippen LogP contribution in [0.4, 0.5) is 0 Å². The number of nitrogens with one attached hydrogen (secondary N) is 1. The standard InChI is InChI=1S/C22H27N3O4S/c1-14-11-18(28-6)12-15(2)20(14)30(26,27)23-13-19-24-21(25-29-19)16-7-9-17(10-8-16)22(3,4)5/h7-12,23H,13H2,1-6H3. The molecule has 2 aromatic carbocycles. The lowest BCUT2D eigenvalue weighted by Crippen LogP contribution is -2.25. The molecule has 0 spiro atoms. The zero-order valence-corrected chi connectivity index (χ0v) is 18.9. The summed E-state index contributed by atoms with van der Waals surface area (Å²) in [6.45, 7) is 9.80. The summed E-state index contributed by atoms with van der Waals surface area (Å²) in [4.78, 5) is 4.54. The lowest BCUT2D eigenvalue weighted by Gasteiger charge is -2.18. The van der Waals surface area contributed by atoms with Crippen LogP contribution < -0.4 is 9.46 Å². The van der Waals surface area contributed by atoms with Gasteiger partial charge in [0.05, 0.1) is 18.6 Å². The number of methoxy groups -OCH3 is 1. The van der Waals surface area contributed by atoms with Crippen molar-refractivity contribution < 1.29 is 17.7 Å². The molecule has 0 unspecified atom stereocenters. The number of aromatic nitrogens is 2. The minimum absolute atomic E-state index is 0.0525. The largest absolute Gasteiger partial charge is 0.497 e. The van der Waals surface area contributed by atoms with E-state index in [1.54, 1.807) is 33.1 Å². The highest BCUT2D eigenvalue weighted by molar-refractivity contribution is 7.89. The van der Waals surface area contributed by atoms with Gasteiger partial charge in [-0.1, -0.05) is 50.2 Å². The maximum Gasteiger partial charge on any atom is 0.242 e. The van der Waals surface area contributed by atoms with E-state index in [1.807, 2.05) is 24.3 Å². The number of hydrogen-bond donors (Lipinski definition) is 1. The van der Waals surface area contributed by atoms with Gasteiger partial charge in [-0.05, 0) is 48.1 Å². The van der Waals surface area contributed by atoms with E-state index in [0.29, 0.717) is 22.7 Å². The highest BCUT2D eigenvalue weighted by Gasteiger charge is 2.22. The van der Waals surface area contributed by atoms with Gasteiger partial charge in [-0.25, -0.2) is 13.1 Å². The van der Waals surface area contributed by atoms with Gasteiger partial charge >= 0.3 is 0 Å². The fourth-order valence-electron chi connectivity index (χ4n) is 3.24. The molecular weight excluding hydrogens is 402 g/mol. The quantitative estimate of drug-likeness (QED) is 0.633. The molecule has 3 aromatic rings. The Morgan fingerprint density at radius 1 is 1.07 bits per heavy atom. The SMILES string of the molecule is COc1cc(C)c(S(=O)(=O)NCc2nc(-c3ccc(C(C)(C)C)cc3)no2)c(C)c1. The summed E-state index contributed by atoms with van der Waals surface area (Å²) in [6.07, 6.45) is 0. The molecule has 0 aliphatic rings. The van der Waals surface area contributed by atoms with Gasteiger partial charge in [0, 0.05) is 5.56 Å². The molecule has 0 saturated carbocycles. The Labute approximate surface area is 177 Å². The van der Waals surface area contributed by atoms with Crippen molar-refractivity contribution in [3.05, 3.63) is 59.0 Å². The van der Waals surface area contributed by atoms with Crippen molar-refractivity contribution in [3.63, 3.8) is 0 Å². The molecule has 7 nitrogen and oxygen atoms in total. The van der Waals surface area contributed by atoms with Gasteiger partial charge in [0.15, 0.2) is 0 Å². The average Bonchev–Trinajstić information content (AvgIpc) is 3.14. The first-order valence-corrected chi connectivity index (χ1v) is 11.1. The molecule has 0 atom stereocenters. The van der Waals surface area contributed by atoms with Crippen LogP contribution in [0.15, 0.2) is 45.8 Å². The van der Waals surface area contributed by atoms with Crippen molar-refractivity contribution >= 4 is 10.0 Å². The molecule has 30 heavy (non-hydrogen) atoms. The van der Waals surface area contributed by atoms with Crippen LogP contribution in [0.3, 0.4) is 0 Å². The van der Waals surface area contributed by atoms with Gasteiger partial charge < -0.3 is 9.26 Å². The van der Waals surface area contributed by atoms with Crippen LogP contribution >= 0.6 is 0 Å². The summed E-state index contributed by atoms with van der Waals surface area (Å²) in [7, 11) is -2.21. The second kappa shape index (κ2) is 8.20. The monoisotopic (exact) mass is 429 g/mol.